The summed E-state index contributed by atoms with van der Waals surface area (Å²) in [6.07, 6.45) is 1.72. The Bertz CT molecular complexity index is 1240. The largest absolute Gasteiger partial charge is 0.480 e. The van der Waals surface area contributed by atoms with E-state index in [1.54, 1.807) is 17.0 Å². The van der Waals surface area contributed by atoms with Crippen molar-refractivity contribution in [2.45, 2.75) is 58.9 Å². The molecule has 1 fully saturated rings. The summed E-state index contributed by atoms with van der Waals surface area (Å²) < 4.78 is 6.12. The lowest BCUT2D eigenvalue weighted by Crippen LogP contribution is -2.38. The van der Waals surface area contributed by atoms with Crippen LogP contribution in [0.15, 0.2) is 35.2 Å². The van der Waals surface area contributed by atoms with E-state index in [2.05, 4.69) is 65.1 Å². The number of amides is 2. The zero-order valence-corrected chi connectivity index (χ0v) is 23.1. The number of thiocarbonyl (C=S) groups is 1. The van der Waals surface area contributed by atoms with Gasteiger partial charge in [0.05, 0.1) is 22.2 Å². The van der Waals surface area contributed by atoms with Gasteiger partial charge in [-0.05, 0) is 51.3 Å². The molecule has 0 saturated carbocycles. The average Bonchev–Trinajstić information content (AvgIpc) is 3.05. The molecule has 0 spiro atoms. The summed E-state index contributed by atoms with van der Waals surface area (Å²) in [6, 6.07) is 10.2. The van der Waals surface area contributed by atoms with Crippen LogP contribution in [0, 0.1) is 0 Å². The van der Waals surface area contributed by atoms with Crippen molar-refractivity contribution in [1.29, 1.82) is 0 Å². The maximum Gasteiger partial charge on any atom is 0.265 e. The minimum Gasteiger partial charge on any atom is -0.480 e. The van der Waals surface area contributed by atoms with Gasteiger partial charge in [0.2, 0.25) is 0 Å². The maximum atomic E-state index is 13.0. The number of nitrogens with one attached hydrogen (secondary N) is 1. The third-order valence-corrected chi connectivity index (χ3v) is 7.43. The van der Waals surface area contributed by atoms with Crippen LogP contribution >= 0.6 is 35.6 Å². The standard InChI is InChI=1S/C27H29ClN2O3S2/c1-26(2,3)17-7-16(8-18(12-17)27(4,5)6)13-30-20-10-15(11-21-24(32)29-25(34)35-21)9-19(28)23(20)33-14-22(30)31/h7-12H,13-14H2,1-6H3,(H,29,32,34)/b21-11+. The Balaban J connectivity index is 1.77. The van der Waals surface area contributed by atoms with E-state index in [0.29, 0.717) is 37.8 Å². The number of hydrogen-bond acceptors (Lipinski definition) is 5. The van der Waals surface area contributed by atoms with Crippen LogP contribution in [0.2, 0.25) is 5.02 Å². The summed E-state index contributed by atoms with van der Waals surface area (Å²) in [5, 5.41) is 3.00. The fraction of sp³-hybridized carbons (Fsp3) is 0.370. The molecule has 2 aromatic carbocycles. The molecule has 0 bridgehead atoms. The van der Waals surface area contributed by atoms with Gasteiger partial charge < -0.3 is 15.0 Å². The second kappa shape index (κ2) is 9.26. The van der Waals surface area contributed by atoms with Gasteiger partial charge in [-0.15, -0.1) is 0 Å². The Labute approximate surface area is 221 Å². The fourth-order valence-electron chi connectivity index (χ4n) is 3.95. The highest BCUT2D eigenvalue weighted by Crippen LogP contribution is 2.42. The van der Waals surface area contributed by atoms with Crippen molar-refractivity contribution >= 4 is 63.5 Å². The molecular formula is C27H29ClN2O3S2. The number of ether oxygens (including phenoxy) is 1. The average molecular weight is 529 g/mol. The molecule has 2 heterocycles. The monoisotopic (exact) mass is 528 g/mol. The summed E-state index contributed by atoms with van der Waals surface area (Å²) in [7, 11) is 0. The molecule has 2 amide bonds. The summed E-state index contributed by atoms with van der Waals surface area (Å²) in [6.45, 7) is 13.5. The van der Waals surface area contributed by atoms with Crippen LogP contribution in [0.25, 0.3) is 6.08 Å². The van der Waals surface area contributed by atoms with Crippen LogP contribution in [-0.2, 0) is 27.0 Å². The molecule has 1 saturated heterocycles. The van der Waals surface area contributed by atoms with Crippen molar-refractivity contribution in [3.8, 4) is 5.75 Å². The number of fused-ring (bicyclic) bond motifs is 1. The Kier molecular flexibility index (Phi) is 6.81. The summed E-state index contributed by atoms with van der Waals surface area (Å²) in [4.78, 5) is 27.4. The van der Waals surface area contributed by atoms with E-state index in [0.717, 1.165) is 5.56 Å². The highest BCUT2D eigenvalue weighted by Gasteiger charge is 2.30. The second-order valence-electron chi connectivity index (χ2n) is 10.9. The molecule has 5 nitrogen and oxygen atoms in total. The normalized spacial score (nSPS) is 17.5. The van der Waals surface area contributed by atoms with E-state index >= 15 is 0 Å². The van der Waals surface area contributed by atoms with Crippen LogP contribution < -0.4 is 15.0 Å². The van der Waals surface area contributed by atoms with Crippen LogP contribution in [0.5, 0.6) is 5.75 Å². The predicted molar refractivity (Wildman–Crippen MR) is 148 cm³/mol. The smallest absolute Gasteiger partial charge is 0.265 e. The van der Waals surface area contributed by atoms with Gasteiger partial charge >= 0.3 is 0 Å². The predicted octanol–water partition coefficient (Wildman–Crippen LogP) is 6.35. The lowest BCUT2D eigenvalue weighted by atomic mass is 9.79. The van der Waals surface area contributed by atoms with Crippen molar-refractivity contribution < 1.29 is 14.3 Å². The second-order valence-corrected chi connectivity index (χ2v) is 13.0. The van der Waals surface area contributed by atoms with E-state index in [-0.39, 0.29) is 29.3 Å². The van der Waals surface area contributed by atoms with Gasteiger partial charge in [-0.3, -0.25) is 9.59 Å². The quantitative estimate of drug-likeness (QED) is 0.371. The minimum atomic E-state index is -0.244. The van der Waals surface area contributed by atoms with Gasteiger partial charge in [0.15, 0.2) is 12.4 Å². The van der Waals surface area contributed by atoms with Crippen molar-refractivity contribution in [2.75, 3.05) is 11.5 Å². The number of thioether (sulfide) groups is 1. The lowest BCUT2D eigenvalue weighted by molar-refractivity contribution is -0.121. The van der Waals surface area contributed by atoms with E-state index in [1.807, 2.05) is 6.07 Å². The number of hydrogen-bond donors (Lipinski definition) is 1. The molecule has 0 unspecified atom stereocenters. The Morgan fingerprint density at radius 1 is 1.06 bits per heavy atom. The lowest BCUT2D eigenvalue weighted by Gasteiger charge is -2.32. The molecule has 2 aliphatic heterocycles. The molecule has 4 rings (SSSR count). The first kappa shape index (κ1) is 25.7. The van der Waals surface area contributed by atoms with Crippen LogP contribution in [-0.4, -0.2) is 22.7 Å². The topological polar surface area (TPSA) is 58.6 Å². The third-order valence-electron chi connectivity index (χ3n) is 5.98. The third kappa shape index (κ3) is 5.57. The number of benzene rings is 2. The van der Waals surface area contributed by atoms with Crippen molar-refractivity contribution in [3.05, 3.63) is 62.5 Å². The first-order valence-electron chi connectivity index (χ1n) is 11.4. The van der Waals surface area contributed by atoms with Gasteiger partial charge in [0.25, 0.3) is 11.8 Å². The number of carbonyl (C=O) groups is 2. The minimum absolute atomic E-state index is 0.0360. The molecule has 2 aliphatic rings. The molecule has 2 aromatic rings. The SMILES string of the molecule is CC(C)(C)c1cc(CN2C(=O)COc3c(Cl)cc(/C=C4/SC(=S)NC4=O)cc32)cc(C(C)(C)C)c1. The Hall–Kier alpha value is -2.35. The molecule has 184 valence electrons. The van der Waals surface area contributed by atoms with Crippen molar-refractivity contribution in [3.63, 3.8) is 0 Å². The Morgan fingerprint density at radius 2 is 1.69 bits per heavy atom. The van der Waals surface area contributed by atoms with Crippen LogP contribution in [0.4, 0.5) is 5.69 Å². The maximum absolute atomic E-state index is 13.0. The first-order chi connectivity index (χ1) is 16.2. The number of halogens is 1. The van der Waals surface area contributed by atoms with Crippen molar-refractivity contribution in [1.82, 2.24) is 5.32 Å². The number of carbonyl (C=O) groups excluding carboxylic acids is 2. The zero-order chi connectivity index (χ0) is 25.7. The van der Waals surface area contributed by atoms with Crippen molar-refractivity contribution in [2.24, 2.45) is 0 Å². The molecular weight excluding hydrogens is 500 g/mol. The molecule has 0 atom stereocenters. The molecule has 0 aromatic heterocycles. The zero-order valence-electron chi connectivity index (χ0n) is 20.7. The van der Waals surface area contributed by atoms with Crippen LogP contribution in [0.3, 0.4) is 0 Å². The number of rotatable bonds is 3. The van der Waals surface area contributed by atoms with E-state index < -0.39 is 0 Å². The summed E-state index contributed by atoms with van der Waals surface area (Å²) >= 11 is 12.8. The summed E-state index contributed by atoms with van der Waals surface area (Å²) in [5.41, 5.74) is 4.69. The molecule has 0 radical (unpaired) electrons. The Morgan fingerprint density at radius 3 is 2.23 bits per heavy atom. The first-order valence-corrected chi connectivity index (χ1v) is 13.0. The van der Waals surface area contributed by atoms with E-state index in [1.165, 1.54) is 22.9 Å². The summed E-state index contributed by atoms with van der Waals surface area (Å²) in [5.74, 6) is 0.0771. The molecule has 0 aliphatic carbocycles. The molecule has 35 heavy (non-hydrogen) atoms. The van der Waals surface area contributed by atoms with E-state index in [4.69, 9.17) is 28.6 Å². The highest BCUT2D eigenvalue weighted by atomic mass is 35.5. The van der Waals surface area contributed by atoms with Gasteiger partial charge in [-0.1, -0.05) is 95.3 Å². The van der Waals surface area contributed by atoms with E-state index in [9.17, 15) is 9.59 Å². The fourth-order valence-corrected chi connectivity index (χ4v) is 5.27. The highest BCUT2D eigenvalue weighted by molar-refractivity contribution is 8.26. The van der Waals surface area contributed by atoms with Gasteiger partial charge in [-0.2, -0.15) is 0 Å². The van der Waals surface area contributed by atoms with Crippen LogP contribution in [0.1, 0.15) is 63.8 Å². The number of anilines is 1. The van der Waals surface area contributed by atoms with Gasteiger partial charge in [-0.25, -0.2) is 0 Å². The van der Waals surface area contributed by atoms with Gasteiger partial charge in [0.1, 0.15) is 4.32 Å². The van der Waals surface area contributed by atoms with Gasteiger partial charge in [0, 0.05) is 0 Å². The molecule has 8 heteroatoms. The molecule has 1 N–H and O–H groups in total. The number of nitrogens with zero attached hydrogens (tertiary/aromatic N) is 1.